The van der Waals surface area contributed by atoms with E-state index < -0.39 is 17.9 Å². The summed E-state index contributed by atoms with van der Waals surface area (Å²) in [5.41, 5.74) is 6.11. The molecule has 8 heteroatoms. The zero-order valence-electron chi connectivity index (χ0n) is 10.9. The summed E-state index contributed by atoms with van der Waals surface area (Å²) in [6.45, 7) is 0.333. The molecular weight excluding hydrogens is 372 g/mol. The lowest BCUT2D eigenvalue weighted by molar-refractivity contribution is -0.179. The van der Waals surface area contributed by atoms with Crippen LogP contribution in [0.5, 0.6) is 0 Å². The molecular formula is C13H13BrF4N2S. The van der Waals surface area contributed by atoms with Gasteiger partial charge in [-0.2, -0.15) is 13.2 Å². The summed E-state index contributed by atoms with van der Waals surface area (Å²) in [4.78, 5) is 1.68. The molecule has 1 heterocycles. The van der Waals surface area contributed by atoms with Gasteiger partial charge in [0.15, 0.2) is 5.82 Å². The van der Waals surface area contributed by atoms with Gasteiger partial charge in [0.2, 0.25) is 0 Å². The maximum atomic E-state index is 14.3. The fourth-order valence-electron chi connectivity index (χ4n) is 2.42. The van der Waals surface area contributed by atoms with Gasteiger partial charge in [0, 0.05) is 18.7 Å². The summed E-state index contributed by atoms with van der Waals surface area (Å²) < 4.78 is 52.3. The highest BCUT2D eigenvalue weighted by atomic mass is 79.9. The number of alkyl halides is 3. The predicted molar refractivity (Wildman–Crippen MR) is 81.0 cm³/mol. The van der Waals surface area contributed by atoms with Gasteiger partial charge < -0.3 is 10.6 Å². The molecule has 0 saturated carbocycles. The van der Waals surface area contributed by atoms with E-state index >= 15 is 0 Å². The molecule has 1 aromatic rings. The zero-order valence-corrected chi connectivity index (χ0v) is 13.3. The van der Waals surface area contributed by atoms with Crippen molar-refractivity contribution >= 4 is 38.8 Å². The summed E-state index contributed by atoms with van der Waals surface area (Å²) in [5.74, 6) is -1.86. The van der Waals surface area contributed by atoms with Crippen LogP contribution in [0.25, 0.3) is 0 Å². The van der Waals surface area contributed by atoms with Gasteiger partial charge in [0.05, 0.1) is 16.1 Å². The molecule has 116 valence electrons. The molecule has 2 rings (SSSR count). The molecule has 0 unspecified atom stereocenters. The van der Waals surface area contributed by atoms with Crippen LogP contribution in [0.3, 0.4) is 0 Å². The number of halogens is 5. The first kappa shape index (κ1) is 16.5. The molecule has 0 bridgehead atoms. The van der Waals surface area contributed by atoms with Crippen LogP contribution >= 0.6 is 28.1 Å². The maximum Gasteiger partial charge on any atom is 0.391 e. The number of thiocarbonyl (C=S) groups is 1. The Hall–Kier alpha value is -0.890. The molecule has 1 saturated heterocycles. The summed E-state index contributed by atoms with van der Waals surface area (Å²) >= 11 is 7.90. The van der Waals surface area contributed by atoms with Crippen molar-refractivity contribution in [3.05, 3.63) is 28.0 Å². The average molecular weight is 385 g/mol. The Morgan fingerprint density at radius 3 is 2.33 bits per heavy atom. The van der Waals surface area contributed by atoms with Crippen molar-refractivity contribution in [3.8, 4) is 0 Å². The molecule has 2 nitrogen and oxygen atoms in total. The van der Waals surface area contributed by atoms with Crippen LogP contribution in [-0.2, 0) is 0 Å². The lowest BCUT2D eigenvalue weighted by Crippen LogP contribution is -2.39. The van der Waals surface area contributed by atoms with Crippen molar-refractivity contribution < 1.29 is 17.6 Å². The third-order valence-corrected chi connectivity index (χ3v) is 4.62. The fraction of sp³-hybridized carbons (Fsp3) is 0.462. The van der Waals surface area contributed by atoms with Gasteiger partial charge in [-0.25, -0.2) is 4.39 Å². The Morgan fingerprint density at radius 2 is 1.86 bits per heavy atom. The normalized spacial score (nSPS) is 17.1. The quantitative estimate of drug-likeness (QED) is 0.617. The molecule has 1 aliphatic rings. The minimum absolute atomic E-state index is 0.0301. The minimum Gasteiger partial charge on any atom is -0.389 e. The summed E-state index contributed by atoms with van der Waals surface area (Å²) in [5, 5.41) is 0. The molecule has 0 amide bonds. The average Bonchev–Trinajstić information content (AvgIpc) is 2.40. The molecule has 1 aromatic carbocycles. The summed E-state index contributed by atoms with van der Waals surface area (Å²) in [6, 6.07) is 3.07. The highest BCUT2D eigenvalue weighted by Gasteiger charge is 2.41. The van der Waals surface area contributed by atoms with E-state index in [-0.39, 0.29) is 41.1 Å². The van der Waals surface area contributed by atoms with Gasteiger partial charge in [0.25, 0.3) is 0 Å². The third kappa shape index (κ3) is 3.48. The SMILES string of the molecule is NC(=S)c1ccc(N2CCC(C(F)(F)F)CC2)c(F)c1Br. The van der Waals surface area contributed by atoms with Gasteiger partial charge in [0.1, 0.15) is 4.99 Å². The first-order valence-corrected chi connectivity index (χ1v) is 7.51. The van der Waals surface area contributed by atoms with E-state index in [0.29, 0.717) is 5.56 Å². The number of hydrogen-bond donors (Lipinski definition) is 1. The number of piperidine rings is 1. The number of nitrogens with two attached hydrogens (primary N) is 1. The number of anilines is 1. The molecule has 1 aliphatic heterocycles. The zero-order chi connectivity index (χ0) is 15.8. The standard InChI is InChI=1S/C13H13BrF4N2S/c14-10-8(12(19)21)1-2-9(11(10)15)20-5-3-7(4-6-20)13(16,17)18/h1-2,7H,3-6H2,(H2,19,21). The first-order chi connectivity index (χ1) is 9.71. The van der Waals surface area contributed by atoms with Crippen LogP contribution in [0.2, 0.25) is 0 Å². The van der Waals surface area contributed by atoms with Crippen molar-refractivity contribution in [3.63, 3.8) is 0 Å². The largest absolute Gasteiger partial charge is 0.391 e. The van der Waals surface area contributed by atoms with E-state index in [4.69, 9.17) is 18.0 Å². The van der Waals surface area contributed by atoms with Crippen molar-refractivity contribution in [1.82, 2.24) is 0 Å². The highest BCUT2D eigenvalue weighted by Crippen LogP contribution is 2.37. The second-order valence-corrected chi connectivity index (χ2v) is 6.16. The Bertz CT molecular complexity index is 554. The van der Waals surface area contributed by atoms with Crippen LogP contribution in [0.15, 0.2) is 16.6 Å². The van der Waals surface area contributed by atoms with Crippen LogP contribution in [0, 0.1) is 11.7 Å². The van der Waals surface area contributed by atoms with Gasteiger partial charge in [-0.15, -0.1) is 0 Å². The monoisotopic (exact) mass is 384 g/mol. The Morgan fingerprint density at radius 1 is 1.29 bits per heavy atom. The second-order valence-electron chi connectivity index (χ2n) is 4.93. The Kier molecular flexibility index (Phi) is 4.77. The van der Waals surface area contributed by atoms with Crippen molar-refractivity contribution in [2.24, 2.45) is 11.7 Å². The molecule has 0 radical (unpaired) electrons. The lowest BCUT2D eigenvalue weighted by atomic mass is 9.96. The van der Waals surface area contributed by atoms with Crippen molar-refractivity contribution in [1.29, 1.82) is 0 Å². The lowest BCUT2D eigenvalue weighted by Gasteiger charge is -2.34. The molecule has 0 spiro atoms. The van der Waals surface area contributed by atoms with Crippen LogP contribution in [0.1, 0.15) is 18.4 Å². The first-order valence-electron chi connectivity index (χ1n) is 6.31. The van der Waals surface area contributed by atoms with Gasteiger partial charge in [-0.3, -0.25) is 0 Å². The van der Waals surface area contributed by atoms with Gasteiger partial charge >= 0.3 is 6.18 Å². The molecule has 1 fully saturated rings. The number of hydrogen-bond acceptors (Lipinski definition) is 2. The number of rotatable bonds is 2. The molecule has 2 N–H and O–H groups in total. The van der Waals surface area contributed by atoms with E-state index in [1.54, 1.807) is 11.0 Å². The predicted octanol–water partition coefficient (Wildman–Crippen LogP) is 4.00. The fourth-order valence-corrected chi connectivity index (χ4v) is 3.27. The van der Waals surface area contributed by atoms with Crippen molar-refractivity contribution in [2.75, 3.05) is 18.0 Å². The number of benzene rings is 1. The second kappa shape index (κ2) is 6.08. The molecule has 21 heavy (non-hydrogen) atoms. The molecule has 0 atom stereocenters. The highest BCUT2D eigenvalue weighted by molar-refractivity contribution is 9.10. The van der Waals surface area contributed by atoms with E-state index in [2.05, 4.69) is 15.9 Å². The smallest absolute Gasteiger partial charge is 0.389 e. The summed E-state index contributed by atoms with van der Waals surface area (Å²) in [6.07, 6.45) is -4.24. The Balaban J connectivity index is 2.18. The molecule has 0 aromatic heterocycles. The molecule has 0 aliphatic carbocycles. The maximum absolute atomic E-state index is 14.3. The van der Waals surface area contributed by atoms with E-state index in [1.165, 1.54) is 6.07 Å². The third-order valence-electron chi connectivity index (χ3n) is 3.63. The number of nitrogens with zero attached hydrogens (tertiary/aromatic N) is 1. The van der Waals surface area contributed by atoms with Crippen LogP contribution < -0.4 is 10.6 Å². The van der Waals surface area contributed by atoms with E-state index in [0.717, 1.165) is 0 Å². The van der Waals surface area contributed by atoms with Gasteiger partial charge in [-0.1, -0.05) is 12.2 Å². The Labute approximate surface area is 133 Å². The summed E-state index contributed by atoms with van der Waals surface area (Å²) in [7, 11) is 0. The topological polar surface area (TPSA) is 29.3 Å². The van der Waals surface area contributed by atoms with Crippen LogP contribution in [0.4, 0.5) is 23.2 Å². The van der Waals surface area contributed by atoms with E-state index in [9.17, 15) is 17.6 Å². The van der Waals surface area contributed by atoms with Crippen molar-refractivity contribution in [2.45, 2.75) is 19.0 Å². The van der Waals surface area contributed by atoms with Gasteiger partial charge in [-0.05, 0) is 40.9 Å². The minimum atomic E-state index is -4.18. The van der Waals surface area contributed by atoms with E-state index in [1.807, 2.05) is 0 Å². The van der Waals surface area contributed by atoms with Crippen LogP contribution in [-0.4, -0.2) is 24.3 Å².